The van der Waals surface area contributed by atoms with Gasteiger partial charge in [-0.15, -0.1) is 0 Å². The highest BCUT2D eigenvalue weighted by Crippen LogP contribution is 2.53. The summed E-state index contributed by atoms with van der Waals surface area (Å²) in [6, 6.07) is 36.0. The van der Waals surface area contributed by atoms with Crippen LogP contribution >= 0.6 is 15.6 Å². The van der Waals surface area contributed by atoms with Crippen molar-refractivity contribution in [1.29, 1.82) is 0 Å². The number of Topliss-reactive ketones (excluding diaryl/α,β-unsaturated/α-hetero) is 2. The van der Waals surface area contributed by atoms with Gasteiger partial charge < -0.3 is 29.2 Å². The zero-order chi connectivity index (χ0) is 53.5. The van der Waals surface area contributed by atoms with Crippen molar-refractivity contribution in [3.05, 3.63) is 183 Å². The Hall–Kier alpha value is -6.51. The molecule has 0 aliphatic heterocycles. The van der Waals surface area contributed by atoms with E-state index in [1.807, 2.05) is 117 Å². The molecule has 11 nitrogen and oxygen atoms in total. The highest BCUT2D eigenvalue weighted by molar-refractivity contribution is 8.01. The lowest BCUT2D eigenvalue weighted by molar-refractivity contribution is 0.0900. The van der Waals surface area contributed by atoms with Crippen molar-refractivity contribution in [2.24, 2.45) is 17.1 Å². The Labute approximate surface area is 427 Å². The average Bonchev–Trinajstić information content (AvgIpc) is 3.35. The van der Waals surface area contributed by atoms with Crippen LogP contribution < -0.4 is 30.0 Å². The fourth-order valence-corrected chi connectivity index (χ4v) is 12.2. The van der Waals surface area contributed by atoms with Gasteiger partial charge in [-0.2, -0.15) is 0 Å². The summed E-state index contributed by atoms with van der Waals surface area (Å²) in [5.41, 5.74) is 10.7. The van der Waals surface area contributed by atoms with Crippen LogP contribution in [0.4, 0.5) is 0 Å². The molecular formula is C59H69NO10P2. The fourth-order valence-electron chi connectivity index (χ4n) is 9.11. The third-order valence-corrected chi connectivity index (χ3v) is 16.0. The minimum Gasteiger partial charge on any atom is -0.497 e. The third-order valence-electron chi connectivity index (χ3n) is 12.4. The molecule has 0 aromatic heterocycles. The lowest BCUT2D eigenvalue weighted by Gasteiger charge is -2.29. The van der Waals surface area contributed by atoms with E-state index in [2.05, 4.69) is 0 Å². The zero-order valence-electron chi connectivity index (χ0n) is 43.9. The lowest BCUT2D eigenvalue weighted by atomic mass is 9.76. The number of carbonyl (C=O) groups excluding carboxylic acids is 4. The molecule has 13 heteroatoms. The SMILES string of the molecule is COc1ccc(C(=O)CC(C)(C)CC(C)C(P=O)C(=O)c2ccc(OC)cc2OC)c(OC)c1.Cc1cc(C)c(C(=O)P(=O)(C(=O)c2c(C)cc(C)cc2C)c2ccccc2)c(C)c1.NCc1ccccc1. The average molecular weight is 1010 g/mol. The Kier molecular flexibility index (Phi) is 21.2. The smallest absolute Gasteiger partial charge is 0.248 e. The van der Waals surface area contributed by atoms with E-state index in [-0.39, 0.29) is 37.7 Å². The van der Waals surface area contributed by atoms with E-state index < -0.39 is 29.3 Å². The number of carbonyl (C=O) groups is 4. The molecular weight excluding hydrogens is 945 g/mol. The zero-order valence-corrected chi connectivity index (χ0v) is 45.7. The van der Waals surface area contributed by atoms with Gasteiger partial charge in [0.2, 0.25) is 18.2 Å². The van der Waals surface area contributed by atoms with Crippen molar-refractivity contribution >= 4 is 43.5 Å². The fraction of sp³-hybridized carbons (Fsp3) is 0.322. The van der Waals surface area contributed by atoms with Gasteiger partial charge in [-0.25, -0.2) is 0 Å². The van der Waals surface area contributed by atoms with Crippen molar-refractivity contribution in [3.63, 3.8) is 0 Å². The van der Waals surface area contributed by atoms with Crippen LogP contribution in [0.15, 0.2) is 121 Å². The molecule has 0 aliphatic rings. The molecule has 2 atom stereocenters. The number of hydrogen-bond donors (Lipinski definition) is 1. The predicted octanol–water partition coefficient (Wildman–Crippen LogP) is 13.2. The Bertz CT molecular complexity index is 2810. The number of ether oxygens (including phenoxy) is 4. The number of hydrogen-bond acceptors (Lipinski definition) is 11. The summed E-state index contributed by atoms with van der Waals surface area (Å²) in [6.45, 7) is 17.7. The van der Waals surface area contributed by atoms with Crippen LogP contribution in [-0.2, 0) is 15.7 Å². The minimum absolute atomic E-state index is 0.0731. The number of rotatable bonds is 19. The number of nitrogens with two attached hydrogens (primary N) is 1. The maximum atomic E-state index is 14.5. The molecule has 0 heterocycles. The van der Waals surface area contributed by atoms with Crippen LogP contribution in [0.2, 0.25) is 0 Å². The molecule has 72 heavy (non-hydrogen) atoms. The molecule has 2 unspecified atom stereocenters. The van der Waals surface area contributed by atoms with Gasteiger partial charge in [-0.05, 0) is 111 Å². The molecule has 0 saturated heterocycles. The summed E-state index contributed by atoms with van der Waals surface area (Å²) in [4.78, 5) is 54.0. The molecule has 380 valence electrons. The summed E-state index contributed by atoms with van der Waals surface area (Å²) in [5, 5.41) is 0.277. The summed E-state index contributed by atoms with van der Waals surface area (Å²) in [6.07, 6.45) is 0.754. The van der Waals surface area contributed by atoms with Crippen LogP contribution in [-0.4, -0.2) is 56.7 Å². The molecule has 0 fully saturated rings. The number of aryl methyl sites for hydroxylation is 6. The molecule has 0 radical (unpaired) electrons. The standard InChI is InChI=1S/C26H33O7P.C26H27O3P.C7H9N/c1-16(25(34-29)24(28)20-11-9-18(31-5)13-23(20)33-7)14-26(2,3)15-21(27)19-10-8-17(30-4)12-22(19)32-6;1-16-12-18(3)23(19(4)13-16)25(27)30(29,22-10-8-7-9-11-22)26(28)24-20(5)14-17(2)15-21(24)6;8-6-7-4-2-1-3-5-7/h8-13,16,25H,14-15H2,1-7H3;7-15H,1-6H3;1-5H,6,8H2. The Morgan fingerprint density at radius 1 is 0.597 bits per heavy atom. The van der Waals surface area contributed by atoms with Gasteiger partial charge in [0.1, 0.15) is 28.7 Å². The predicted molar refractivity (Wildman–Crippen MR) is 289 cm³/mol. The van der Waals surface area contributed by atoms with Crippen molar-refractivity contribution in [2.75, 3.05) is 28.4 Å². The number of methoxy groups -OCH3 is 4. The van der Waals surface area contributed by atoms with Gasteiger partial charge in [0.05, 0.1) is 39.6 Å². The molecule has 0 saturated carbocycles. The largest absolute Gasteiger partial charge is 0.497 e. The van der Waals surface area contributed by atoms with E-state index in [1.165, 1.54) is 26.9 Å². The van der Waals surface area contributed by atoms with E-state index in [0.29, 0.717) is 58.2 Å². The highest BCUT2D eigenvalue weighted by Gasteiger charge is 2.44. The Morgan fingerprint density at radius 2 is 1.01 bits per heavy atom. The van der Waals surface area contributed by atoms with E-state index in [0.717, 1.165) is 33.4 Å². The molecule has 0 amide bonds. The molecule has 0 bridgehead atoms. The van der Waals surface area contributed by atoms with E-state index in [1.54, 1.807) is 73.8 Å². The van der Waals surface area contributed by atoms with Gasteiger partial charge in [-0.1, -0.05) is 117 Å². The van der Waals surface area contributed by atoms with E-state index in [4.69, 9.17) is 24.7 Å². The number of benzene rings is 6. The van der Waals surface area contributed by atoms with Crippen molar-refractivity contribution in [2.45, 2.75) is 87.4 Å². The van der Waals surface area contributed by atoms with E-state index >= 15 is 0 Å². The molecule has 0 aliphatic carbocycles. The van der Waals surface area contributed by atoms with Gasteiger partial charge in [0.15, 0.2) is 20.0 Å². The monoisotopic (exact) mass is 1010 g/mol. The summed E-state index contributed by atoms with van der Waals surface area (Å²) >= 11 is 0. The topological polar surface area (TPSA) is 165 Å². The third kappa shape index (κ3) is 14.3. The highest BCUT2D eigenvalue weighted by atomic mass is 31.2. The van der Waals surface area contributed by atoms with Crippen LogP contribution in [0.1, 0.15) is 114 Å². The Balaban J connectivity index is 0.000000271. The first kappa shape index (κ1) is 58.1. The second kappa shape index (κ2) is 26.3. The molecule has 6 aromatic rings. The lowest BCUT2D eigenvalue weighted by Crippen LogP contribution is -2.29. The molecule has 2 N–H and O–H groups in total. The van der Waals surface area contributed by atoms with Crippen molar-refractivity contribution < 1.29 is 47.3 Å². The summed E-state index contributed by atoms with van der Waals surface area (Å²) in [7, 11) is 1.67. The van der Waals surface area contributed by atoms with Gasteiger partial charge in [0.25, 0.3) is 0 Å². The van der Waals surface area contributed by atoms with Crippen LogP contribution in [0.5, 0.6) is 23.0 Å². The quantitative estimate of drug-likeness (QED) is 0.0606. The van der Waals surface area contributed by atoms with E-state index in [9.17, 15) is 28.3 Å². The van der Waals surface area contributed by atoms with Crippen LogP contribution in [0, 0.1) is 52.9 Å². The first-order valence-corrected chi connectivity index (χ1v) is 26.2. The van der Waals surface area contributed by atoms with Gasteiger partial charge >= 0.3 is 0 Å². The van der Waals surface area contributed by atoms with Crippen LogP contribution in [0.25, 0.3) is 0 Å². The maximum Gasteiger partial charge on any atom is 0.248 e. The maximum absolute atomic E-state index is 14.5. The van der Waals surface area contributed by atoms with Gasteiger partial charge in [0, 0.05) is 41.5 Å². The normalized spacial score (nSPS) is 12.0. The van der Waals surface area contributed by atoms with Crippen LogP contribution in [0.3, 0.4) is 0 Å². The van der Waals surface area contributed by atoms with Crippen molar-refractivity contribution in [3.8, 4) is 23.0 Å². The molecule has 0 spiro atoms. The summed E-state index contributed by atoms with van der Waals surface area (Å²) < 4.78 is 47.7. The molecule has 6 rings (SSSR count). The second-order valence-corrected chi connectivity index (χ2v) is 22.1. The first-order chi connectivity index (χ1) is 34.1. The molecule has 6 aromatic carbocycles. The van der Waals surface area contributed by atoms with Gasteiger partial charge in [-0.3, -0.25) is 23.7 Å². The minimum atomic E-state index is -4.11. The second-order valence-electron chi connectivity index (χ2n) is 18.8. The number of ketones is 2. The summed E-state index contributed by atoms with van der Waals surface area (Å²) in [5.74, 6) is 1.38. The Morgan fingerprint density at radius 3 is 1.40 bits per heavy atom. The van der Waals surface area contributed by atoms with Crippen molar-refractivity contribution in [1.82, 2.24) is 0 Å². The first-order valence-electron chi connectivity index (χ1n) is 23.6.